The van der Waals surface area contributed by atoms with Crippen molar-refractivity contribution < 1.29 is 5.11 Å². The van der Waals surface area contributed by atoms with Gasteiger partial charge in [-0.2, -0.15) is 0 Å². The molecule has 0 bridgehead atoms. The first-order valence-electron chi connectivity index (χ1n) is 9.07. The van der Waals surface area contributed by atoms with Crippen LogP contribution in [0.25, 0.3) is 0 Å². The second kappa shape index (κ2) is 7.79. The summed E-state index contributed by atoms with van der Waals surface area (Å²) in [5, 5.41) is 14.4. The van der Waals surface area contributed by atoms with E-state index in [2.05, 4.69) is 19.2 Å². The van der Waals surface area contributed by atoms with Gasteiger partial charge in [-0.05, 0) is 56.8 Å². The molecule has 0 saturated heterocycles. The van der Waals surface area contributed by atoms with Crippen LogP contribution in [0, 0.1) is 11.8 Å². The highest BCUT2D eigenvalue weighted by molar-refractivity contribution is 4.88. The molecule has 2 rings (SSSR count). The maximum atomic E-state index is 10.7. The minimum Gasteiger partial charge on any atom is -0.389 e. The Balaban J connectivity index is 1.71. The SMILES string of the molecule is CCCC1CCCC(NCC2(O)CCC(C)CC2)CC1. The van der Waals surface area contributed by atoms with Crippen LogP contribution in [0.15, 0.2) is 0 Å². The molecule has 2 heteroatoms. The van der Waals surface area contributed by atoms with Crippen LogP contribution in [0.5, 0.6) is 0 Å². The second-order valence-electron chi connectivity index (χ2n) is 7.65. The second-order valence-corrected chi connectivity index (χ2v) is 7.65. The molecule has 0 aliphatic heterocycles. The van der Waals surface area contributed by atoms with E-state index in [0.717, 1.165) is 31.2 Å². The van der Waals surface area contributed by atoms with Gasteiger partial charge >= 0.3 is 0 Å². The Morgan fingerprint density at radius 1 is 1.05 bits per heavy atom. The molecule has 20 heavy (non-hydrogen) atoms. The van der Waals surface area contributed by atoms with Gasteiger partial charge in [-0.25, -0.2) is 0 Å². The molecule has 0 aromatic rings. The standard InChI is InChI=1S/C18H35NO/c1-3-5-16-6-4-7-17(9-8-16)19-14-18(20)12-10-15(2)11-13-18/h15-17,19-20H,3-14H2,1-2H3. The Morgan fingerprint density at radius 3 is 2.50 bits per heavy atom. The number of hydrogen-bond acceptors (Lipinski definition) is 2. The average molecular weight is 281 g/mol. The summed E-state index contributed by atoms with van der Waals surface area (Å²) in [6.07, 6.45) is 13.9. The molecule has 0 heterocycles. The Kier molecular flexibility index (Phi) is 6.35. The van der Waals surface area contributed by atoms with Crippen molar-refractivity contribution in [3.63, 3.8) is 0 Å². The lowest BCUT2D eigenvalue weighted by atomic mass is 9.79. The summed E-state index contributed by atoms with van der Waals surface area (Å²) in [5.74, 6) is 1.77. The maximum absolute atomic E-state index is 10.7. The molecule has 2 fully saturated rings. The average Bonchev–Trinajstić information content (AvgIpc) is 2.67. The predicted octanol–water partition coefficient (Wildman–Crippen LogP) is 4.27. The van der Waals surface area contributed by atoms with E-state index in [9.17, 15) is 5.11 Å². The summed E-state index contributed by atoms with van der Waals surface area (Å²) in [5.41, 5.74) is -0.415. The highest BCUT2D eigenvalue weighted by Crippen LogP contribution is 2.32. The molecule has 2 atom stereocenters. The lowest BCUT2D eigenvalue weighted by molar-refractivity contribution is -0.00851. The van der Waals surface area contributed by atoms with Crippen molar-refractivity contribution in [3.8, 4) is 0 Å². The summed E-state index contributed by atoms with van der Waals surface area (Å²) >= 11 is 0. The molecule has 0 aromatic carbocycles. The topological polar surface area (TPSA) is 32.3 Å². The molecule has 2 aliphatic carbocycles. The lowest BCUT2D eigenvalue weighted by Crippen LogP contribution is -2.46. The quantitative estimate of drug-likeness (QED) is 0.738. The van der Waals surface area contributed by atoms with Crippen LogP contribution in [0.2, 0.25) is 0 Å². The summed E-state index contributed by atoms with van der Waals surface area (Å²) in [7, 11) is 0. The molecular formula is C18H35NO. The van der Waals surface area contributed by atoms with E-state index >= 15 is 0 Å². The summed E-state index contributed by atoms with van der Waals surface area (Å²) in [4.78, 5) is 0. The van der Waals surface area contributed by atoms with Gasteiger partial charge in [0.2, 0.25) is 0 Å². The van der Waals surface area contributed by atoms with Crippen molar-refractivity contribution in [2.75, 3.05) is 6.54 Å². The highest BCUT2D eigenvalue weighted by Gasteiger charge is 2.32. The van der Waals surface area contributed by atoms with Gasteiger partial charge in [-0.15, -0.1) is 0 Å². The van der Waals surface area contributed by atoms with Gasteiger partial charge in [0.1, 0.15) is 0 Å². The zero-order valence-electron chi connectivity index (χ0n) is 13.7. The summed E-state index contributed by atoms with van der Waals surface area (Å²) < 4.78 is 0. The normalized spacial score (nSPS) is 39.5. The van der Waals surface area contributed by atoms with E-state index in [-0.39, 0.29) is 0 Å². The first-order valence-corrected chi connectivity index (χ1v) is 9.07. The fourth-order valence-electron chi connectivity index (χ4n) is 4.09. The van der Waals surface area contributed by atoms with Crippen molar-refractivity contribution >= 4 is 0 Å². The van der Waals surface area contributed by atoms with Gasteiger partial charge in [0.15, 0.2) is 0 Å². The third-order valence-electron chi connectivity index (χ3n) is 5.71. The van der Waals surface area contributed by atoms with Crippen LogP contribution in [-0.2, 0) is 0 Å². The maximum Gasteiger partial charge on any atom is 0.0771 e. The van der Waals surface area contributed by atoms with Crippen LogP contribution in [0.3, 0.4) is 0 Å². The molecule has 0 amide bonds. The predicted molar refractivity (Wildman–Crippen MR) is 85.9 cm³/mol. The first-order chi connectivity index (χ1) is 9.61. The van der Waals surface area contributed by atoms with Crippen LogP contribution in [0.4, 0.5) is 0 Å². The number of rotatable bonds is 5. The van der Waals surface area contributed by atoms with Crippen molar-refractivity contribution in [3.05, 3.63) is 0 Å². The largest absolute Gasteiger partial charge is 0.389 e. The van der Waals surface area contributed by atoms with Gasteiger partial charge in [-0.3, -0.25) is 0 Å². The molecule has 2 unspecified atom stereocenters. The van der Waals surface area contributed by atoms with Crippen molar-refractivity contribution in [1.82, 2.24) is 5.32 Å². The van der Waals surface area contributed by atoms with Crippen molar-refractivity contribution in [1.29, 1.82) is 0 Å². The minimum absolute atomic E-state index is 0.415. The minimum atomic E-state index is -0.415. The molecule has 2 saturated carbocycles. The number of hydrogen-bond donors (Lipinski definition) is 2. The Labute approximate surface area is 125 Å². The number of nitrogens with one attached hydrogen (secondary N) is 1. The molecule has 0 radical (unpaired) electrons. The van der Waals surface area contributed by atoms with E-state index < -0.39 is 5.60 Å². The molecule has 2 N–H and O–H groups in total. The highest BCUT2D eigenvalue weighted by atomic mass is 16.3. The Morgan fingerprint density at radius 2 is 1.80 bits per heavy atom. The molecule has 2 nitrogen and oxygen atoms in total. The van der Waals surface area contributed by atoms with E-state index in [1.165, 1.54) is 57.8 Å². The zero-order valence-corrected chi connectivity index (χ0v) is 13.7. The van der Waals surface area contributed by atoms with Crippen molar-refractivity contribution in [2.45, 2.75) is 96.1 Å². The van der Waals surface area contributed by atoms with Crippen LogP contribution < -0.4 is 5.32 Å². The summed E-state index contributed by atoms with van der Waals surface area (Å²) in [6.45, 7) is 5.44. The van der Waals surface area contributed by atoms with E-state index in [4.69, 9.17) is 0 Å². The number of aliphatic hydroxyl groups is 1. The third kappa shape index (κ3) is 5.04. The van der Waals surface area contributed by atoms with Gasteiger partial charge < -0.3 is 10.4 Å². The van der Waals surface area contributed by atoms with Crippen molar-refractivity contribution in [2.24, 2.45) is 11.8 Å². The monoisotopic (exact) mass is 281 g/mol. The fourth-order valence-corrected chi connectivity index (χ4v) is 4.09. The van der Waals surface area contributed by atoms with E-state index in [0.29, 0.717) is 6.04 Å². The zero-order chi connectivity index (χ0) is 14.4. The fraction of sp³-hybridized carbons (Fsp3) is 1.00. The van der Waals surface area contributed by atoms with Crippen LogP contribution in [-0.4, -0.2) is 23.3 Å². The third-order valence-corrected chi connectivity index (χ3v) is 5.71. The van der Waals surface area contributed by atoms with Gasteiger partial charge in [0, 0.05) is 12.6 Å². The summed E-state index contributed by atoms with van der Waals surface area (Å²) in [6, 6.07) is 0.653. The van der Waals surface area contributed by atoms with Gasteiger partial charge in [-0.1, -0.05) is 39.5 Å². The van der Waals surface area contributed by atoms with E-state index in [1.54, 1.807) is 0 Å². The van der Waals surface area contributed by atoms with Gasteiger partial charge in [0.25, 0.3) is 0 Å². The molecule has 0 aromatic heterocycles. The van der Waals surface area contributed by atoms with Crippen LogP contribution in [0.1, 0.15) is 84.5 Å². The lowest BCUT2D eigenvalue weighted by Gasteiger charge is -2.36. The smallest absolute Gasteiger partial charge is 0.0771 e. The Hall–Kier alpha value is -0.0800. The molecular weight excluding hydrogens is 246 g/mol. The molecule has 0 spiro atoms. The van der Waals surface area contributed by atoms with Crippen LogP contribution >= 0.6 is 0 Å². The Bertz CT molecular complexity index is 271. The van der Waals surface area contributed by atoms with E-state index in [1.807, 2.05) is 0 Å². The van der Waals surface area contributed by atoms with Gasteiger partial charge in [0.05, 0.1) is 5.60 Å². The first kappa shape index (κ1) is 16.3. The molecule has 118 valence electrons. The molecule has 2 aliphatic rings.